The van der Waals surface area contributed by atoms with Crippen molar-refractivity contribution in [3.8, 4) is 11.1 Å². The highest BCUT2D eigenvalue weighted by Crippen LogP contribution is 2.27. The summed E-state index contributed by atoms with van der Waals surface area (Å²) in [5.74, 6) is 0. The van der Waals surface area contributed by atoms with Gasteiger partial charge in [-0.3, -0.25) is 9.58 Å². The summed E-state index contributed by atoms with van der Waals surface area (Å²) < 4.78 is 9.75. The molecule has 5 rings (SSSR count). The van der Waals surface area contributed by atoms with Crippen molar-refractivity contribution in [1.29, 1.82) is 0 Å². The van der Waals surface area contributed by atoms with Crippen LogP contribution in [0.15, 0.2) is 55.0 Å². The zero-order valence-electron chi connectivity index (χ0n) is 16.7. The molecule has 0 saturated carbocycles. The highest BCUT2D eigenvalue weighted by atomic mass is 16.5. The van der Waals surface area contributed by atoms with Crippen molar-refractivity contribution in [2.75, 3.05) is 19.7 Å². The molecule has 148 valence electrons. The van der Waals surface area contributed by atoms with Crippen molar-refractivity contribution in [2.24, 2.45) is 7.05 Å². The number of hydrogen-bond donors (Lipinski definition) is 0. The average molecular weight is 388 g/mol. The first kappa shape index (κ1) is 18.0. The van der Waals surface area contributed by atoms with Crippen LogP contribution < -0.4 is 0 Å². The summed E-state index contributed by atoms with van der Waals surface area (Å²) >= 11 is 0. The van der Waals surface area contributed by atoms with E-state index >= 15 is 0 Å². The Kier molecular flexibility index (Phi) is 4.61. The molecular weight excluding hydrogens is 364 g/mol. The standard InChI is InChI=1S/C22H24N6O/c1-16-3-5-18(6-4-16)19-7-8-20-22(24-25-28(20)14-19)21-15-27(9-10-29-21)13-17-11-23-26(2)12-17/h3-8,11-12,14,21H,9-10,13,15H2,1-2H3/t21-/m1/s1. The second kappa shape index (κ2) is 7.42. The van der Waals surface area contributed by atoms with Gasteiger partial charge < -0.3 is 4.74 Å². The van der Waals surface area contributed by atoms with E-state index in [-0.39, 0.29) is 6.10 Å². The molecule has 1 atom stereocenters. The van der Waals surface area contributed by atoms with Gasteiger partial charge in [0.25, 0.3) is 0 Å². The maximum atomic E-state index is 6.05. The number of benzene rings is 1. The monoisotopic (exact) mass is 388 g/mol. The van der Waals surface area contributed by atoms with Gasteiger partial charge in [-0.2, -0.15) is 5.10 Å². The van der Waals surface area contributed by atoms with Crippen LogP contribution in [0.1, 0.15) is 22.9 Å². The van der Waals surface area contributed by atoms with E-state index in [0.29, 0.717) is 6.61 Å². The Morgan fingerprint density at radius 2 is 1.90 bits per heavy atom. The van der Waals surface area contributed by atoms with Crippen molar-refractivity contribution in [2.45, 2.75) is 19.6 Å². The Bertz CT molecular complexity index is 1130. The predicted molar refractivity (Wildman–Crippen MR) is 110 cm³/mol. The molecule has 1 fully saturated rings. The van der Waals surface area contributed by atoms with Crippen LogP contribution in [0.4, 0.5) is 0 Å². The van der Waals surface area contributed by atoms with E-state index in [1.54, 1.807) is 0 Å². The Morgan fingerprint density at radius 1 is 1.07 bits per heavy atom. The molecule has 0 bridgehead atoms. The molecule has 29 heavy (non-hydrogen) atoms. The molecule has 3 aromatic heterocycles. The molecular formula is C22H24N6O. The summed E-state index contributed by atoms with van der Waals surface area (Å²) in [5, 5.41) is 13.1. The molecule has 0 unspecified atom stereocenters. The van der Waals surface area contributed by atoms with E-state index in [1.807, 2.05) is 28.6 Å². The fraction of sp³-hybridized carbons (Fsp3) is 0.318. The molecule has 0 N–H and O–H groups in total. The first-order valence-electron chi connectivity index (χ1n) is 9.89. The van der Waals surface area contributed by atoms with Crippen molar-refractivity contribution in [1.82, 2.24) is 29.5 Å². The summed E-state index contributed by atoms with van der Waals surface area (Å²) in [7, 11) is 1.94. The molecule has 1 aliphatic rings. The van der Waals surface area contributed by atoms with Crippen LogP contribution in [0.5, 0.6) is 0 Å². The summed E-state index contributed by atoms with van der Waals surface area (Å²) in [5.41, 5.74) is 6.65. The SMILES string of the molecule is Cc1ccc(-c2ccc3c([C@H]4CN(Cc5cnn(C)c5)CCO4)nnn3c2)cc1. The molecule has 4 aromatic rings. The number of morpholine rings is 1. The fourth-order valence-corrected chi connectivity index (χ4v) is 3.88. The largest absolute Gasteiger partial charge is 0.369 e. The van der Waals surface area contributed by atoms with Crippen LogP contribution in [0.2, 0.25) is 0 Å². The van der Waals surface area contributed by atoms with Crippen molar-refractivity contribution in [3.63, 3.8) is 0 Å². The van der Waals surface area contributed by atoms with Gasteiger partial charge >= 0.3 is 0 Å². The van der Waals surface area contributed by atoms with Gasteiger partial charge in [-0.1, -0.05) is 41.1 Å². The van der Waals surface area contributed by atoms with Crippen LogP contribution >= 0.6 is 0 Å². The molecule has 1 saturated heterocycles. The normalized spacial score (nSPS) is 17.8. The van der Waals surface area contributed by atoms with Gasteiger partial charge in [0.15, 0.2) is 0 Å². The third-order valence-corrected chi connectivity index (χ3v) is 5.45. The van der Waals surface area contributed by atoms with E-state index in [1.165, 1.54) is 16.7 Å². The highest BCUT2D eigenvalue weighted by molar-refractivity contribution is 5.66. The fourth-order valence-electron chi connectivity index (χ4n) is 3.88. The highest BCUT2D eigenvalue weighted by Gasteiger charge is 2.26. The van der Waals surface area contributed by atoms with Crippen LogP contribution in [0.3, 0.4) is 0 Å². The van der Waals surface area contributed by atoms with Crippen LogP contribution in [-0.4, -0.2) is 49.2 Å². The van der Waals surface area contributed by atoms with E-state index in [4.69, 9.17) is 4.74 Å². The summed E-state index contributed by atoms with van der Waals surface area (Å²) in [6.07, 6.45) is 5.94. The lowest BCUT2D eigenvalue weighted by atomic mass is 10.1. The van der Waals surface area contributed by atoms with E-state index in [2.05, 4.69) is 69.8 Å². The van der Waals surface area contributed by atoms with Gasteiger partial charge in [-0.15, -0.1) is 5.10 Å². The lowest BCUT2D eigenvalue weighted by Crippen LogP contribution is -2.38. The number of ether oxygens (including phenoxy) is 1. The second-order valence-electron chi connectivity index (χ2n) is 7.71. The zero-order chi connectivity index (χ0) is 19.8. The summed E-state index contributed by atoms with van der Waals surface area (Å²) in [4.78, 5) is 2.39. The molecule has 7 heteroatoms. The van der Waals surface area contributed by atoms with Crippen molar-refractivity contribution < 1.29 is 4.74 Å². The maximum absolute atomic E-state index is 6.05. The first-order valence-corrected chi connectivity index (χ1v) is 9.89. The van der Waals surface area contributed by atoms with E-state index in [9.17, 15) is 0 Å². The number of aryl methyl sites for hydroxylation is 2. The minimum atomic E-state index is -0.0804. The number of nitrogens with zero attached hydrogens (tertiary/aromatic N) is 6. The topological polar surface area (TPSA) is 60.5 Å². The van der Waals surface area contributed by atoms with Crippen LogP contribution in [-0.2, 0) is 18.3 Å². The quantitative estimate of drug-likeness (QED) is 0.538. The third kappa shape index (κ3) is 3.66. The first-order chi connectivity index (χ1) is 14.2. The Hall–Kier alpha value is -3.03. The van der Waals surface area contributed by atoms with E-state index < -0.39 is 0 Å². The van der Waals surface area contributed by atoms with Gasteiger partial charge in [-0.05, 0) is 18.6 Å². The number of fused-ring (bicyclic) bond motifs is 1. The summed E-state index contributed by atoms with van der Waals surface area (Å²) in [6, 6.07) is 12.7. The van der Waals surface area contributed by atoms with Crippen molar-refractivity contribution in [3.05, 3.63) is 71.8 Å². The molecule has 4 heterocycles. The molecule has 0 amide bonds. The Morgan fingerprint density at radius 3 is 2.69 bits per heavy atom. The maximum Gasteiger partial charge on any atom is 0.121 e. The van der Waals surface area contributed by atoms with Gasteiger partial charge in [0.1, 0.15) is 11.8 Å². The molecule has 0 spiro atoms. The molecule has 7 nitrogen and oxygen atoms in total. The molecule has 1 aromatic carbocycles. The molecule has 1 aliphatic heterocycles. The zero-order valence-corrected chi connectivity index (χ0v) is 16.7. The number of pyridine rings is 1. The minimum absolute atomic E-state index is 0.0804. The smallest absolute Gasteiger partial charge is 0.121 e. The Balaban J connectivity index is 1.37. The van der Waals surface area contributed by atoms with Gasteiger partial charge in [0, 0.05) is 50.2 Å². The second-order valence-corrected chi connectivity index (χ2v) is 7.71. The van der Waals surface area contributed by atoms with E-state index in [0.717, 1.165) is 36.4 Å². The minimum Gasteiger partial charge on any atom is -0.369 e. The van der Waals surface area contributed by atoms with Gasteiger partial charge in [-0.25, -0.2) is 4.52 Å². The molecule has 0 radical (unpaired) electrons. The average Bonchev–Trinajstić information content (AvgIpc) is 3.34. The van der Waals surface area contributed by atoms with Gasteiger partial charge in [0.05, 0.1) is 18.3 Å². The lowest BCUT2D eigenvalue weighted by molar-refractivity contribution is -0.0343. The summed E-state index contributed by atoms with van der Waals surface area (Å²) in [6.45, 7) is 5.35. The van der Waals surface area contributed by atoms with Gasteiger partial charge in [0.2, 0.25) is 0 Å². The number of aromatic nitrogens is 5. The van der Waals surface area contributed by atoms with Crippen molar-refractivity contribution >= 4 is 5.52 Å². The lowest BCUT2D eigenvalue weighted by Gasteiger charge is -2.31. The van der Waals surface area contributed by atoms with Crippen LogP contribution in [0, 0.1) is 6.92 Å². The number of hydrogen-bond acceptors (Lipinski definition) is 5. The predicted octanol–water partition coefficient (Wildman–Crippen LogP) is 3.01. The Labute approximate surface area is 169 Å². The third-order valence-electron chi connectivity index (χ3n) is 5.45. The van der Waals surface area contributed by atoms with Crippen LogP contribution in [0.25, 0.3) is 16.6 Å². The molecule has 0 aliphatic carbocycles. The number of rotatable bonds is 4.